The highest BCUT2D eigenvalue weighted by atomic mass is 16.5. The second kappa shape index (κ2) is 19.4. The summed E-state index contributed by atoms with van der Waals surface area (Å²) in [6, 6.07) is 0. The highest BCUT2D eigenvalue weighted by Gasteiger charge is 2.49. The number of allylic oxidation sites excluding steroid dienone is 5. The molecular weight excluding hydrogens is 558 g/mol. The lowest BCUT2D eigenvalue weighted by atomic mass is 9.68. The van der Waals surface area contributed by atoms with Crippen LogP contribution in [-0.2, 0) is 23.9 Å². The number of likely N-dealkylation sites (N-methyl/N-ethyl adjacent to an activating group) is 1. The van der Waals surface area contributed by atoms with E-state index in [2.05, 4.69) is 13.0 Å². The van der Waals surface area contributed by atoms with E-state index >= 15 is 0 Å². The fraction of sp³-hybridized carbons (Fsp3) is 0.750. The van der Waals surface area contributed by atoms with Gasteiger partial charge in [-0.05, 0) is 74.7 Å². The maximum Gasteiger partial charge on any atom is 0.292 e. The Kier molecular flexibility index (Phi) is 17.6. The number of hydrogen-bond acceptors (Lipinski definition) is 7. The first-order chi connectivity index (χ1) is 20.6. The van der Waals surface area contributed by atoms with Gasteiger partial charge in [-0.3, -0.25) is 14.4 Å². The van der Waals surface area contributed by atoms with E-state index in [4.69, 9.17) is 9.47 Å². The average Bonchev–Trinajstić information content (AvgIpc) is 2.99. The summed E-state index contributed by atoms with van der Waals surface area (Å²) in [5.74, 6) is -1.74. The van der Waals surface area contributed by atoms with Crippen LogP contribution in [0.4, 0.5) is 0 Å². The molecule has 0 radical (unpaired) electrons. The van der Waals surface area contributed by atoms with Crippen LogP contribution in [0, 0.1) is 29.6 Å². The maximum atomic E-state index is 13.2. The first kappa shape index (κ1) is 39.9. The number of nitrogens with zero attached hydrogens (tertiary/aromatic N) is 1. The van der Waals surface area contributed by atoms with Crippen molar-refractivity contribution >= 4 is 17.5 Å². The van der Waals surface area contributed by atoms with Crippen LogP contribution in [-0.4, -0.2) is 84.3 Å². The summed E-state index contributed by atoms with van der Waals surface area (Å²) in [6.45, 7) is 14.1. The van der Waals surface area contributed by atoms with Crippen LogP contribution in [0.3, 0.4) is 0 Å². The molecule has 0 aromatic rings. The van der Waals surface area contributed by atoms with Gasteiger partial charge in [-0.15, -0.1) is 0 Å². The largest absolute Gasteiger partial charge is 0.390 e. The molecule has 1 aliphatic rings. The molecule has 0 aromatic carbocycles. The monoisotopic (exact) mass is 619 g/mol. The van der Waals surface area contributed by atoms with E-state index in [1.165, 1.54) is 12.0 Å². The second-order valence-electron chi connectivity index (χ2n) is 13.4. The Labute approximate surface area is 266 Å². The minimum Gasteiger partial charge on any atom is -0.390 e. The van der Waals surface area contributed by atoms with Gasteiger partial charge < -0.3 is 24.6 Å². The molecule has 0 spiro atoms. The molecule has 1 aliphatic carbocycles. The first-order valence-corrected chi connectivity index (χ1v) is 16.5. The number of carbonyl (C=O) groups is 3. The third kappa shape index (κ3) is 11.7. The summed E-state index contributed by atoms with van der Waals surface area (Å²) < 4.78 is 11.1. The predicted octanol–water partition coefficient (Wildman–Crippen LogP) is 5.71. The number of ketones is 2. The molecule has 1 rings (SSSR count). The molecule has 1 amide bonds. The normalized spacial score (nSPS) is 24.8. The third-order valence-electron chi connectivity index (χ3n) is 9.30. The summed E-state index contributed by atoms with van der Waals surface area (Å²) in [5.41, 5.74) is -0.624. The Morgan fingerprint density at radius 2 is 1.70 bits per heavy atom. The zero-order valence-corrected chi connectivity index (χ0v) is 29.0. The molecule has 252 valence electrons. The Morgan fingerprint density at radius 3 is 2.27 bits per heavy atom. The number of methoxy groups -OCH3 is 2. The van der Waals surface area contributed by atoms with Crippen LogP contribution in [0.5, 0.6) is 0 Å². The van der Waals surface area contributed by atoms with Crippen molar-refractivity contribution < 1.29 is 34.1 Å². The number of unbranched alkanes of at least 4 members (excludes halogenated alkanes) is 1. The van der Waals surface area contributed by atoms with Gasteiger partial charge in [0.25, 0.3) is 11.7 Å². The van der Waals surface area contributed by atoms with Gasteiger partial charge in [-0.2, -0.15) is 0 Å². The van der Waals surface area contributed by atoms with E-state index in [1.54, 1.807) is 14.2 Å². The van der Waals surface area contributed by atoms with E-state index in [1.807, 2.05) is 65.8 Å². The molecule has 8 atom stereocenters. The lowest BCUT2D eigenvalue weighted by Gasteiger charge is -2.41. The Balaban J connectivity index is 2.77. The highest BCUT2D eigenvalue weighted by Crippen LogP contribution is 2.40. The predicted molar refractivity (Wildman–Crippen MR) is 176 cm³/mol. The quantitative estimate of drug-likeness (QED) is 0.141. The lowest BCUT2D eigenvalue weighted by molar-refractivity contribution is -0.162. The number of ether oxygens (including phenoxy) is 2. The van der Waals surface area contributed by atoms with Gasteiger partial charge in [0.15, 0.2) is 5.78 Å². The van der Waals surface area contributed by atoms with Crippen molar-refractivity contribution in [3.05, 3.63) is 36.0 Å². The Hall–Kier alpha value is -2.13. The number of aliphatic hydroxyl groups excluding tert-OH is 1. The third-order valence-corrected chi connectivity index (χ3v) is 9.30. The molecule has 0 aliphatic heterocycles. The van der Waals surface area contributed by atoms with Crippen molar-refractivity contribution in [2.24, 2.45) is 29.6 Å². The molecule has 1 fully saturated rings. The molecule has 0 saturated heterocycles. The van der Waals surface area contributed by atoms with Gasteiger partial charge in [0.1, 0.15) is 11.7 Å². The van der Waals surface area contributed by atoms with E-state index in [-0.39, 0.29) is 47.9 Å². The number of carbonyl (C=O) groups excluding carboxylic acids is 3. The minimum absolute atomic E-state index is 0.0518. The summed E-state index contributed by atoms with van der Waals surface area (Å²) in [7, 11) is 4.76. The van der Waals surface area contributed by atoms with Crippen LogP contribution in [0.1, 0.15) is 93.4 Å². The molecule has 0 heterocycles. The summed E-state index contributed by atoms with van der Waals surface area (Å²) in [6.07, 6.45) is 13.0. The van der Waals surface area contributed by atoms with Crippen molar-refractivity contribution in [2.75, 3.05) is 27.8 Å². The standard InChI is InChI=1S/C36H61NO7/c1-11-12-20-37(8)35(41)34(40)36(42)23-29(19-18-28(36)7)22-30(43-9)26(5)17-15-13-14-16-25(4)21-27(6)32(39)33(44-10)31(38)24(2)3/h13-17,24-25,27-31,33,38,42H,11-12,18-23H2,1-10H3/b15-13+,16-14+,26-17+/t25-,27+,28+,29+,30?,31+,33?,36?/m0/s1. The number of amides is 1. The molecule has 44 heavy (non-hydrogen) atoms. The van der Waals surface area contributed by atoms with E-state index in [0.717, 1.165) is 24.8 Å². The van der Waals surface area contributed by atoms with Crippen molar-refractivity contribution in [1.82, 2.24) is 4.90 Å². The Bertz CT molecular complexity index is 1000. The molecule has 0 aromatic heterocycles. The smallest absolute Gasteiger partial charge is 0.292 e. The fourth-order valence-electron chi connectivity index (χ4n) is 6.05. The van der Waals surface area contributed by atoms with Gasteiger partial charge in [0.2, 0.25) is 0 Å². The van der Waals surface area contributed by atoms with E-state index < -0.39 is 29.5 Å². The molecule has 3 unspecified atom stereocenters. The average molecular weight is 620 g/mol. The molecular formula is C36H61NO7. The van der Waals surface area contributed by atoms with E-state index in [0.29, 0.717) is 25.8 Å². The maximum absolute atomic E-state index is 13.2. The van der Waals surface area contributed by atoms with Gasteiger partial charge in [0.05, 0.1) is 12.2 Å². The topological polar surface area (TPSA) is 113 Å². The highest BCUT2D eigenvalue weighted by molar-refractivity contribution is 6.39. The lowest BCUT2D eigenvalue weighted by Crippen LogP contribution is -2.55. The number of hydrogen-bond donors (Lipinski definition) is 2. The Morgan fingerprint density at radius 1 is 1.05 bits per heavy atom. The van der Waals surface area contributed by atoms with Crippen molar-refractivity contribution in [3.8, 4) is 0 Å². The van der Waals surface area contributed by atoms with Gasteiger partial charge in [-0.25, -0.2) is 0 Å². The van der Waals surface area contributed by atoms with Gasteiger partial charge in [-0.1, -0.05) is 78.3 Å². The number of Topliss-reactive ketones (excluding diaryl/α,β-unsaturated/α-hetero) is 2. The SMILES string of the molecule is CCCCN(C)C(=O)C(=O)C1(O)C[C@@H](CC(OC)/C(C)=C/C=C/C=C/[C@H](C)C[C@@H](C)C(=O)C(OC)[C@H](O)C(C)C)CC[C@H]1C. The molecule has 8 heteroatoms. The molecule has 1 saturated carbocycles. The summed E-state index contributed by atoms with van der Waals surface area (Å²) >= 11 is 0. The zero-order valence-electron chi connectivity index (χ0n) is 29.0. The van der Waals surface area contributed by atoms with Crippen LogP contribution in [0.2, 0.25) is 0 Å². The molecule has 0 bridgehead atoms. The zero-order chi connectivity index (χ0) is 33.6. The molecule has 8 nitrogen and oxygen atoms in total. The van der Waals surface area contributed by atoms with E-state index in [9.17, 15) is 24.6 Å². The number of aliphatic hydroxyl groups is 2. The number of rotatable bonds is 19. The molecule has 2 N–H and O–H groups in total. The summed E-state index contributed by atoms with van der Waals surface area (Å²) in [4.78, 5) is 40.3. The first-order valence-electron chi connectivity index (χ1n) is 16.5. The van der Waals surface area contributed by atoms with Crippen LogP contribution >= 0.6 is 0 Å². The van der Waals surface area contributed by atoms with Gasteiger partial charge in [0, 0.05) is 33.7 Å². The van der Waals surface area contributed by atoms with Crippen LogP contribution < -0.4 is 0 Å². The minimum atomic E-state index is -1.65. The van der Waals surface area contributed by atoms with Crippen LogP contribution in [0.15, 0.2) is 36.0 Å². The summed E-state index contributed by atoms with van der Waals surface area (Å²) in [5, 5.41) is 21.8. The van der Waals surface area contributed by atoms with Gasteiger partial charge >= 0.3 is 0 Å². The van der Waals surface area contributed by atoms with Crippen LogP contribution in [0.25, 0.3) is 0 Å². The van der Waals surface area contributed by atoms with Crippen molar-refractivity contribution in [2.45, 2.75) is 117 Å². The van der Waals surface area contributed by atoms with Crippen molar-refractivity contribution in [3.63, 3.8) is 0 Å². The van der Waals surface area contributed by atoms with Crippen molar-refractivity contribution in [1.29, 1.82) is 0 Å². The second-order valence-corrected chi connectivity index (χ2v) is 13.4. The fourth-order valence-corrected chi connectivity index (χ4v) is 6.05.